The number of nitrogens with one attached hydrogen (secondary N) is 2. The summed E-state index contributed by atoms with van der Waals surface area (Å²) in [6.45, 7) is 0.888. The zero-order valence-corrected chi connectivity index (χ0v) is 16.1. The van der Waals surface area contributed by atoms with Crippen LogP contribution in [0.5, 0.6) is 5.75 Å². The van der Waals surface area contributed by atoms with Gasteiger partial charge in [0.25, 0.3) is 0 Å². The number of methoxy groups -OCH3 is 1. The minimum absolute atomic E-state index is 0.0706. The summed E-state index contributed by atoms with van der Waals surface area (Å²) in [7, 11) is 1.41. The zero-order chi connectivity index (χ0) is 20.8. The van der Waals surface area contributed by atoms with Crippen LogP contribution in [0.3, 0.4) is 0 Å². The predicted molar refractivity (Wildman–Crippen MR) is 108 cm³/mol. The van der Waals surface area contributed by atoms with Crippen molar-refractivity contribution in [3.8, 4) is 5.75 Å². The summed E-state index contributed by atoms with van der Waals surface area (Å²) in [5.74, 6) is -1.40. The SMILES string of the molecule is COc1cc(C(=O)O)ccc1NC(=O)C1CCCN(C(=O)Nc2ccccc2)C1. The number of carbonyl (C=O) groups excluding carboxylic acids is 2. The number of likely N-dealkylation sites (tertiary alicyclic amines) is 1. The number of benzene rings is 2. The highest BCUT2D eigenvalue weighted by Crippen LogP contribution is 2.27. The van der Waals surface area contributed by atoms with E-state index < -0.39 is 5.97 Å². The van der Waals surface area contributed by atoms with E-state index in [0.717, 1.165) is 6.42 Å². The van der Waals surface area contributed by atoms with E-state index in [1.807, 2.05) is 18.2 Å². The van der Waals surface area contributed by atoms with Gasteiger partial charge in [-0.3, -0.25) is 4.79 Å². The Morgan fingerprint density at radius 1 is 1.10 bits per heavy atom. The summed E-state index contributed by atoms with van der Waals surface area (Å²) in [6, 6.07) is 13.2. The van der Waals surface area contributed by atoms with Gasteiger partial charge in [0.05, 0.1) is 24.3 Å². The van der Waals surface area contributed by atoms with Crippen LogP contribution < -0.4 is 15.4 Å². The summed E-state index contributed by atoms with van der Waals surface area (Å²) >= 11 is 0. The first kappa shape index (κ1) is 20.2. The van der Waals surface area contributed by atoms with Crippen molar-refractivity contribution in [2.24, 2.45) is 5.92 Å². The zero-order valence-electron chi connectivity index (χ0n) is 16.1. The topological polar surface area (TPSA) is 108 Å². The highest BCUT2D eigenvalue weighted by atomic mass is 16.5. The van der Waals surface area contributed by atoms with Crippen LogP contribution in [-0.2, 0) is 4.79 Å². The summed E-state index contributed by atoms with van der Waals surface area (Å²) < 4.78 is 5.20. The number of amides is 3. The number of rotatable bonds is 5. The average molecular weight is 397 g/mol. The Balaban J connectivity index is 1.64. The van der Waals surface area contributed by atoms with E-state index in [1.165, 1.54) is 25.3 Å². The third-order valence-electron chi connectivity index (χ3n) is 4.81. The maximum absolute atomic E-state index is 12.7. The Labute approximate surface area is 168 Å². The Bertz CT molecular complexity index is 900. The molecule has 2 aromatic rings. The fourth-order valence-electron chi connectivity index (χ4n) is 3.26. The van der Waals surface area contributed by atoms with Gasteiger partial charge in [-0.05, 0) is 43.2 Å². The molecular weight excluding hydrogens is 374 g/mol. The molecule has 1 fully saturated rings. The highest BCUT2D eigenvalue weighted by molar-refractivity contribution is 5.96. The summed E-state index contributed by atoms with van der Waals surface area (Å²) in [4.78, 5) is 38.0. The van der Waals surface area contributed by atoms with E-state index in [2.05, 4.69) is 10.6 Å². The first-order valence-electron chi connectivity index (χ1n) is 9.31. The van der Waals surface area contributed by atoms with Crippen LogP contribution in [0.4, 0.5) is 16.2 Å². The monoisotopic (exact) mass is 397 g/mol. The lowest BCUT2D eigenvalue weighted by molar-refractivity contribution is -0.121. The molecule has 0 bridgehead atoms. The number of para-hydroxylation sites is 1. The number of piperidine rings is 1. The van der Waals surface area contributed by atoms with Crippen molar-refractivity contribution in [3.05, 3.63) is 54.1 Å². The van der Waals surface area contributed by atoms with Gasteiger partial charge in [0.2, 0.25) is 5.91 Å². The Kier molecular flexibility index (Phi) is 6.33. The number of carbonyl (C=O) groups is 3. The Morgan fingerprint density at radius 2 is 1.86 bits per heavy atom. The van der Waals surface area contributed by atoms with Crippen molar-refractivity contribution in [1.82, 2.24) is 4.90 Å². The molecule has 3 N–H and O–H groups in total. The fraction of sp³-hybridized carbons (Fsp3) is 0.286. The van der Waals surface area contributed by atoms with Crippen molar-refractivity contribution in [3.63, 3.8) is 0 Å². The molecule has 1 unspecified atom stereocenters. The summed E-state index contributed by atoms with van der Waals surface area (Å²) in [6.07, 6.45) is 1.38. The number of nitrogens with zero attached hydrogens (tertiary/aromatic N) is 1. The van der Waals surface area contributed by atoms with Crippen LogP contribution in [0.1, 0.15) is 23.2 Å². The summed E-state index contributed by atoms with van der Waals surface area (Å²) in [5, 5.41) is 14.7. The maximum Gasteiger partial charge on any atom is 0.335 e. The molecule has 1 aliphatic heterocycles. The van der Waals surface area contributed by atoms with Gasteiger partial charge in [-0.1, -0.05) is 18.2 Å². The number of carboxylic acid groups (broad SMARTS) is 1. The van der Waals surface area contributed by atoms with Crippen molar-refractivity contribution >= 4 is 29.3 Å². The number of anilines is 2. The fourth-order valence-corrected chi connectivity index (χ4v) is 3.26. The van der Waals surface area contributed by atoms with Gasteiger partial charge in [-0.2, -0.15) is 0 Å². The molecule has 1 saturated heterocycles. The van der Waals surface area contributed by atoms with E-state index in [1.54, 1.807) is 17.0 Å². The van der Waals surface area contributed by atoms with Gasteiger partial charge in [-0.25, -0.2) is 9.59 Å². The number of hydrogen-bond acceptors (Lipinski definition) is 4. The van der Waals surface area contributed by atoms with Crippen molar-refractivity contribution < 1.29 is 24.2 Å². The van der Waals surface area contributed by atoms with E-state index in [-0.39, 0.29) is 29.2 Å². The molecule has 8 nitrogen and oxygen atoms in total. The number of urea groups is 1. The molecule has 1 atom stereocenters. The van der Waals surface area contributed by atoms with Crippen molar-refractivity contribution in [1.29, 1.82) is 0 Å². The first-order valence-corrected chi connectivity index (χ1v) is 9.31. The molecule has 3 amide bonds. The molecule has 1 heterocycles. The van der Waals surface area contributed by atoms with Crippen molar-refractivity contribution in [2.45, 2.75) is 12.8 Å². The predicted octanol–water partition coefficient (Wildman–Crippen LogP) is 3.28. The van der Waals surface area contributed by atoms with Gasteiger partial charge in [0, 0.05) is 18.8 Å². The van der Waals surface area contributed by atoms with Gasteiger partial charge in [-0.15, -0.1) is 0 Å². The lowest BCUT2D eigenvalue weighted by Crippen LogP contribution is -2.45. The molecule has 29 heavy (non-hydrogen) atoms. The molecule has 0 radical (unpaired) electrons. The molecule has 2 aromatic carbocycles. The number of hydrogen-bond donors (Lipinski definition) is 3. The van der Waals surface area contributed by atoms with Gasteiger partial charge in [0.15, 0.2) is 0 Å². The highest BCUT2D eigenvalue weighted by Gasteiger charge is 2.29. The van der Waals surface area contributed by atoms with Crippen LogP contribution in [-0.4, -0.2) is 48.1 Å². The maximum atomic E-state index is 12.7. The molecule has 3 rings (SSSR count). The van der Waals surface area contributed by atoms with Crippen LogP contribution in [0.2, 0.25) is 0 Å². The van der Waals surface area contributed by atoms with E-state index in [4.69, 9.17) is 9.84 Å². The molecule has 0 aromatic heterocycles. The van der Waals surface area contributed by atoms with Crippen LogP contribution >= 0.6 is 0 Å². The minimum Gasteiger partial charge on any atom is -0.495 e. The molecule has 0 saturated carbocycles. The average Bonchev–Trinajstić information content (AvgIpc) is 2.74. The number of ether oxygens (including phenoxy) is 1. The smallest absolute Gasteiger partial charge is 0.335 e. The van der Waals surface area contributed by atoms with Gasteiger partial charge in [0.1, 0.15) is 5.75 Å². The second kappa shape index (κ2) is 9.09. The quantitative estimate of drug-likeness (QED) is 0.718. The molecule has 8 heteroatoms. The second-order valence-corrected chi connectivity index (χ2v) is 6.79. The van der Waals surface area contributed by atoms with Crippen LogP contribution in [0.25, 0.3) is 0 Å². The third kappa shape index (κ3) is 5.04. The minimum atomic E-state index is -1.08. The van der Waals surface area contributed by atoms with Crippen LogP contribution in [0.15, 0.2) is 48.5 Å². The lowest BCUT2D eigenvalue weighted by atomic mass is 9.97. The third-order valence-corrected chi connectivity index (χ3v) is 4.81. The number of aromatic carboxylic acids is 1. The standard InChI is InChI=1S/C21H23N3O5/c1-29-18-12-14(20(26)27)9-10-17(18)23-19(25)15-6-5-11-24(13-15)21(28)22-16-7-3-2-4-8-16/h2-4,7-10,12,15H,5-6,11,13H2,1H3,(H,22,28)(H,23,25)(H,26,27). The Hall–Kier alpha value is -3.55. The largest absolute Gasteiger partial charge is 0.495 e. The van der Waals surface area contributed by atoms with E-state index in [9.17, 15) is 14.4 Å². The molecule has 0 spiro atoms. The number of carboxylic acids is 1. The lowest BCUT2D eigenvalue weighted by Gasteiger charge is -2.32. The molecule has 1 aliphatic rings. The normalized spacial score (nSPS) is 16.0. The van der Waals surface area contributed by atoms with Gasteiger partial charge < -0.3 is 25.4 Å². The van der Waals surface area contributed by atoms with E-state index in [0.29, 0.717) is 30.9 Å². The van der Waals surface area contributed by atoms with Crippen LogP contribution in [0, 0.1) is 5.92 Å². The van der Waals surface area contributed by atoms with E-state index >= 15 is 0 Å². The van der Waals surface area contributed by atoms with Crippen molar-refractivity contribution in [2.75, 3.05) is 30.8 Å². The Morgan fingerprint density at radius 3 is 2.55 bits per heavy atom. The summed E-state index contributed by atoms with van der Waals surface area (Å²) in [5.41, 5.74) is 1.17. The molecule has 0 aliphatic carbocycles. The second-order valence-electron chi connectivity index (χ2n) is 6.79. The van der Waals surface area contributed by atoms with Gasteiger partial charge >= 0.3 is 12.0 Å². The molecule has 152 valence electrons. The molecular formula is C21H23N3O5. The first-order chi connectivity index (χ1) is 14.0.